The van der Waals surface area contributed by atoms with Crippen LogP contribution >= 0.6 is 0 Å². The fourth-order valence-electron chi connectivity index (χ4n) is 1.85. The molecule has 1 aliphatic carbocycles. The Hall–Kier alpha value is -2.32. The molecule has 6 N–H and O–H groups in total. The maximum atomic E-state index is 11.9. The van der Waals surface area contributed by atoms with Crippen molar-refractivity contribution in [1.29, 1.82) is 0 Å². The number of carboxylic acid groups (broad SMARTS) is 1. The zero-order valence-corrected chi connectivity index (χ0v) is 10.9. The fourth-order valence-corrected chi connectivity index (χ4v) is 1.85. The molecule has 1 fully saturated rings. The Kier molecular flexibility index (Phi) is 5.30. The summed E-state index contributed by atoms with van der Waals surface area (Å²) >= 11 is 0. The lowest BCUT2D eigenvalue weighted by atomic mass is 10.1. The van der Waals surface area contributed by atoms with Gasteiger partial charge in [0.2, 0.25) is 11.8 Å². The van der Waals surface area contributed by atoms with Crippen LogP contribution in [0.5, 0.6) is 0 Å². The van der Waals surface area contributed by atoms with Crippen LogP contribution in [0.15, 0.2) is 0 Å². The Balaban J connectivity index is 2.64. The molecule has 0 radical (unpaired) electrons. The Bertz CT molecular complexity index is 405. The van der Waals surface area contributed by atoms with E-state index in [0.717, 1.165) is 17.7 Å². The minimum atomic E-state index is -1.03. The predicted octanol–water partition coefficient (Wildman–Crippen LogP) is -1.78. The molecule has 0 bridgehead atoms. The summed E-state index contributed by atoms with van der Waals surface area (Å²) in [5.41, 5.74) is 9.97. The van der Waals surface area contributed by atoms with Gasteiger partial charge in [-0.1, -0.05) is 0 Å². The normalized spacial score (nSPS) is 15.2. The smallest absolute Gasteiger partial charge is 0.318 e. The Morgan fingerprint density at radius 3 is 2.00 bits per heavy atom. The van der Waals surface area contributed by atoms with E-state index in [1.807, 2.05) is 0 Å². The third-order valence-corrected chi connectivity index (χ3v) is 2.88. The summed E-state index contributed by atoms with van der Waals surface area (Å²) in [5, 5.41) is 11.3. The van der Waals surface area contributed by atoms with Gasteiger partial charge in [-0.25, -0.2) is 4.79 Å². The Labute approximate surface area is 115 Å². The summed E-state index contributed by atoms with van der Waals surface area (Å²) in [5.74, 6) is -2.50. The van der Waals surface area contributed by atoms with Crippen molar-refractivity contribution in [3.8, 4) is 0 Å². The second kappa shape index (κ2) is 6.73. The van der Waals surface area contributed by atoms with E-state index in [0.29, 0.717) is 0 Å². The van der Waals surface area contributed by atoms with Crippen molar-refractivity contribution in [2.24, 2.45) is 17.4 Å². The monoisotopic (exact) mass is 286 g/mol. The van der Waals surface area contributed by atoms with Crippen molar-refractivity contribution in [3.63, 3.8) is 0 Å². The number of primary amides is 2. The quantitative estimate of drug-likeness (QED) is 0.415. The zero-order valence-electron chi connectivity index (χ0n) is 10.9. The zero-order chi connectivity index (χ0) is 15.3. The van der Waals surface area contributed by atoms with Gasteiger partial charge in [0.1, 0.15) is 13.1 Å². The lowest BCUT2D eigenvalue weighted by Crippen LogP contribution is -2.51. The number of carboxylic acids is 1. The van der Waals surface area contributed by atoms with E-state index in [-0.39, 0.29) is 12.3 Å². The number of rotatable bonds is 8. The molecule has 0 aromatic heterocycles. The Morgan fingerprint density at radius 1 is 1.15 bits per heavy atom. The molecule has 0 spiro atoms. The summed E-state index contributed by atoms with van der Waals surface area (Å²) in [6.45, 7) is -0.918. The first-order chi connectivity index (χ1) is 9.29. The molecule has 1 rings (SSSR count). The van der Waals surface area contributed by atoms with Crippen LogP contribution in [-0.2, 0) is 14.4 Å². The van der Waals surface area contributed by atoms with Gasteiger partial charge in [-0.3, -0.25) is 14.4 Å². The van der Waals surface area contributed by atoms with Crippen LogP contribution in [0, 0.1) is 5.92 Å². The van der Waals surface area contributed by atoms with Gasteiger partial charge in [-0.05, 0) is 18.8 Å². The molecule has 0 aromatic rings. The number of nitrogens with two attached hydrogens (primary N) is 2. The molecule has 0 aliphatic heterocycles. The first kappa shape index (κ1) is 15.7. The molecule has 1 saturated carbocycles. The van der Waals surface area contributed by atoms with Crippen LogP contribution in [0.4, 0.5) is 4.79 Å². The predicted molar refractivity (Wildman–Crippen MR) is 67.3 cm³/mol. The van der Waals surface area contributed by atoms with Crippen molar-refractivity contribution in [2.75, 3.05) is 13.1 Å². The van der Waals surface area contributed by atoms with Crippen molar-refractivity contribution in [1.82, 2.24) is 10.2 Å². The highest BCUT2D eigenvalue weighted by Gasteiger charge is 2.34. The maximum absolute atomic E-state index is 11.9. The molecule has 0 aromatic carbocycles. The van der Waals surface area contributed by atoms with Crippen LogP contribution < -0.4 is 16.8 Å². The van der Waals surface area contributed by atoms with E-state index in [1.54, 1.807) is 0 Å². The highest BCUT2D eigenvalue weighted by Crippen LogP contribution is 2.34. The first-order valence-electron chi connectivity index (χ1n) is 6.13. The number of aliphatic carboxylic acids is 1. The van der Waals surface area contributed by atoms with Gasteiger partial charge in [0.05, 0.1) is 6.42 Å². The largest absolute Gasteiger partial charge is 0.481 e. The van der Waals surface area contributed by atoms with Gasteiger partial charge in [0.25, 0.3) is 0 Å². The number of hydrogen-bond acceptors (Lipinski definition) is 4. The third-order valence-electron chi connectivity index (χ3n) is 2.88. The number of carbonyl (C=O) groups is 4. The highest BCUT2D eigenvalue weighted by atomic mass is 16.4. The molecular weight excluding hydrogens is 268 g/mol. The van der Waals surface area contributed by atoms with E-state index in [4.69, 9.17) is 16.6 Å². The number of nitrogens with zero attached hydrogens (tertiary/aromatic N) is 1. The average molecular weight is 286 g/mol. The lowest BCUT2D eigenvalue weighted by molar-refractivity contribution is -0.137. The van der Waals surface area contributed by atoms with E-state index in [2.05, 4.69) is 5.32 Å². The molecule has 4 amide bonds. The van der Waals surface area contributed by atoms with Gasteiger partial charge >= 0.3 is 12.0 Å². The molecule has 1 unspecified atom stereocenters. The summed E-state index contributed by atoms with van der Waals surface area (Å²) in [7, 11) is 0. The molecule has 112 valence electrons. The number of amides is 4. The number of urea groups is 1. The van der Waals surface area contributed by atoms with Crippen molar-refractivity contribution < 1.29 is 24.3 Å². The average Bonchev–Trinajstić information content (AvgIpc) is 3.08. The van der Waals surface area contributed by atoms with Crippen molar-refractivity contribution >= 4 is 23.8 Å². The number of hydrogen-bond donors (Lipinski definition) is 4. The lowest BCUT2D eigenvalue weighted by Gasteiger charge is -2.24. The van der Waals surface area contributed by atoms with Gasteiger partial charge in [-0.2, -0.15) is 0 Å². The fraction of sp³-hybridized carbons (Fsp3) is 0.636. The van der Waals surface area contributed by atoms with E-state index in [1.165, 1.54) is 0 Å². The van der Waals surface area contributed by atoms with E-state index in [9.17, 15) is 19.2 Å². The van der Waals surface area contributed by atoms with Gasteiger partial charge in [0.15, 0.2) is 0 Å². The van der Waals surface area contributed by atoms with Gasteiger partial charge < -0.3 is 26.8 Å². The third kappa shape index (κ3) is 5.55. The van der Waals surface area contributed by atoms with E-state index < -0.39 is 42.9 Å². The number of carbonyl (C=O) groups excluding carboxylic acids is 3. The Morgan fingerprint density at radius 2 is 1.65 bits per heavy atom. The van der Waals surface area contributed by atoms with E-state index >= 15 is 0 Å². The highest BCUT2D eigenvalue weighted by molar-refractivity contribution is 5.87. The second-order valence-corrected chi connectivity index (χ2v) is 4.78. The topological polar surface area (TPSA) is 156 Å². The number of nitrogens with one attached hydrogen (secondary N) is 1. The molecule has 9 nitrogen and oxygen atoms in total. The van der Waals surface area contributed by atoms with Crippen LogP contribution in [0.3, 0.4) is 0 Å². The molecule has 1 atom stereocenters. The van der Waals surface area contributed by atoms with Gasteiger partial charge in [-0.15, -0.1) is 0 Å². The molecule has 0 heterocycles. The minimum absolute atomic E-state index is 0.110. The van der Waals surface area contributed by atoms with Crippen LogP contribution in [0.25, 0.3) is 0 Å². The summed E-state index contributed by atoms with van der Waals surface area (Å²) in [6, 6.07) is -1.25. The van der Waals surface area contributed by atoms with Crippen LogP contribution in [0.1, 0.15) is 19.3 Å². The summed E-state index contributed by atoms with van der Waals surface area (Å²) in [4.78, 5) is 45.3. The molecule has 1 aliphatic rings. The molecule has 0 saturated heterocycles. The van der Waals surface area contributed by atoms with Crippen molar-refractivity contribution in [3.05, 3.63) is 0 Å². The SMILES string of the molecule is NC(=O)CN(CC(N)=O)C(=O)NC(CC(=O)O)C1CC1. The second-order valence-electron chi connectivity index (χ2n) is 4.78. The summed E-state index contributed by atoms with van der Waals surface area (Å²) in [6.07, 6.45) is 1.46. The minimum Gasteiger partial charge on any atom is -0.481 e. The molecule has 20 heavy (non-hydrogen) atoms. The maximum Gasteiger partial charge on any atom is 0.318 e. The van der Waals surface area contributed by atoms with Crippen LogP contribution in [0.2, 0.25) is 0 Å². The van der Waals surface area contributed by atoms with Gasteiger partial charge in [0, 0.05) is 6.04 Å². The molecule has 9 heteroatoms. The summed E-state index contributed by atoms with van der Waals surface area (Å²) < 4.78 is 0. The first-order valence-corrected chi connectivity index (χ1v) is 6.13. The van der Waals surface area contributed by atoms with Crippen molar-refractivity contribution in [2.45, 2.75) is 25.3 Å². The standard InChI is InChI=1S/C11H18N4O5/c12-8(16)4-15(5-9(13)17)11(20)14-7(3-10(18)19)6-1-2-6/h6-7H,1-5H2,(H2,12,16)(H2,13,17)(H,14,20)(H,18,19). The molecular formula is C11H18N4O5. The van der Waals surface area contributed by atoms with Crippen LogP contribution in [-0.4, -0.2) is 53.0 Å².